The number of furan rings is 1. The number of nitro groups is 1. The molecule has 24 heavy (non-hydrogen) atoms. The molecule has 0 unspecified atom stereocenters. The first-order chi connectivity index (χ1) is 11.1. The number of hydrogen-bond acceptors (Lipinski definition) is 7. The van der Waals surface area contributed by atoms with Gasteiger partial charge in [0.05, 0.1) is 18.0 Å². The molecule has 124 valence electrons. The quantitative estimate of drug-likeness (QED) is 0.350. The molecule has 0 fully saturated rings. The van der Waals surface area contributed by atoms with Crippen LogP contribution in [0.1, 0.15) is 5.76 Å². The minimum absolute atomic E-state index is 0. The van der Waals surface area contributed by atoms with E-state index in [1.54, 1.807) is 12.1 Å². The zero-order chi connectivity index (χ0) is 16.2. The third kappa shape index (κ3) is 4.40. The first kappa shape index (κ1) is 18.1. The van der Waals surface area contributed by atoms with E-state index in [-0.39, 0.29) is 28.6 Å². The number of benzene rings is 1. The van der Waals surface area contributed by atoms with Gasteiger partial charge >= 0.3 is 5.88 Å². The summed E-state index contributed by atoms with van der Waals surface area (Å²) < 4.78 is 4.95. The molecule has 2 heterocycles. The number of aromatic nitrogens is 1. The maximum absolute atomic E-state index is 10.5. The van der Waals surface area contributed by atoms with Gasteiger partial charge in [-0.05, 0) is 18.2 Å². The predicted octanol–water partition coefficient (Wildman–Crippen LogP) is 4.99. The van der Waals surface area contributed by atoms with E-state index in [1.165, 1.54) is 29.7 Å². The second kappa shape index (κ2) is 8.04. The molecule has 0 amide bonds. The van der Waals surface area contributed by atoms with E-state index in [9.17, 15) is 10.1 Å². The van der Waals surface area contributed by atoms with Crippen LogP contribution in [0.5, 0.6) is 0 Å². The number of thiazole rings is 1. The molecule has 0 atom stereocenters. The molecule has 0 aliphatic rings. The van der Waals surface area contributed by atoms with Crippen molar-refractivity contribution in [1.29, 1.82) is 0 Å². The molecule has 3 aromatic rings. The Labute approximate surface area is 155 Å². The molecule has 0 aliphatic carbocycles. The van der Waals surface area contributed by atoms with E-state index in [1.807, 2.05) is 17.5 Å². The lowest BCUT2D eigenvalue weighted by Crippen LogP contribution is -1.89. The minimum Gasteiger partial charge on any atom is -0.400 e. The van der Waals surface area contributed by atoms with Crippen LogP contribution in [0.4, 0.5) is 11.0 Å². The normalized spacial score (nSPS) is 10.5. The molecule has 1 N–H and O–H groups in total. The molecule has 0 bridgehead atoms. The molecule has 0 radical (unpaired) electrons. The summed E-state index contributed by atoms with van der Waals surface area (Å²) in [4.78, 5) is 14.3. The topological polar surface area (TPSA) is 93.6 Å². The van der Waals surface area contributed by atoms with Gasteiger partial charge in [-0.2, -0.15) is 5.10 Å². The molecule has 0 saturated heterocycles. The number of anilines is 1. The smallest absolute Gasteiger partial charge is 0.400 e. The van der Waals surface area contributed by atoms with Crippen molar-refractivity contribution in [2.45, 2.75) is 0 Å². The van der Waals surface area contributed by atoms with Crippen LogP contribution in [0.2, 0.25) is 5.02 Å². The van der Waals surface area contributed by atoms with Crippen LogP contribution in [-0.2, 0) is 0 Å². The van der Waals surface area contributed by atoms with Crippen molar-refractivity contribution in [2.24, 2.45) is 5.10 Å². The van der Waals surface area contributed by atoms with Gasteiger partial charge in [0.15, 0.2) is 5.76 Å². The average molecular weight is 430 g/mol. The van der Waals surface area contributed by atoms with Crippen molar-refractivity contribution in [1.82, 2.24) is 4.98 Å². The molecule has 10 heteroatoms. The number of hydrazone groups is 1. The average Bonchev–Trinajstić information content (AvgIpc) is 3.18. The van der Waals surface area contributed by atoms with Crippen LogP contribution >= 0.6 is 39.9 Å². The van der Waals surface area contributed by atoms with Crippen molar-refractivity contribution < 1.29 is 9.34 Å². The lowest BCUT2D eigenvalue weighted by molar-refractivity contribution is -0.402. The Morgan fingerprint density at radius 3 is 2.71 bits per heavy atom. The van der Waals surface area contributed by atoms with Crippen LogP contribution in [-0.4, -0.2) is 16.1 Å². The number of rotatable bonds is 5. The van der Waals surface area contributed by atoms with Crippen LogP contribution in [0.25, 0.3) is 11.3 Å². The lowest BCUT2D eigenvalue weighted by Gasteiger charge is -1.96. The molecule has 2 aromatic heterocycles. The third-order valence-corrected chi connectivity index (χ3v) is 3.79. The van der Waals surface area contributed by atoms with Crippen molar-refractivity contribution >= 4 is 57.1 Å². The highest BCUT2D eigenvalue weighted by molar-refractivity contribution is 8.93. The Kier molecular flexibility index (Phi) is 6.07. The number of nitrogens with one attached hydrogen (secondary N) is 1. The van der Waals surface area contributed by atoms with Gasteiger partial charge in [-0.15, -0.1) is 28.3 Å². The number of hydrogen-bond donors (Lipinski definition) is 1. The van der Waals surface area contributed by atoms with Crippen LogP contribution in [0.3, 0.4) is 0 Å². The fraction of sp³-hybridized carbons (Fsp3) is 0. The number of nitrogens with zero attached hydrogens (tertiary/aromatic N) is 3. The van der Waals surface area contributed by atoms with Gasteiger partial charge in [-0.25, -0.2) is 4.98 Å². The summed E-state index contributed by atoms with van der Waals surface area (Å²) in [6, 6.07) is 10.1. The minimum atomic E-state index is -0.607. The SMILES string of the molecule is Br.O=[N+]([O-])c1ccc(/C=N/Nc2nc(-c3ccc(Cl)cc3)cs2)o1. The zero-order valence-corrected chi connectivity index (χ0v) is 15.2. The van der Waals surface area contributed by atoms with E-state index in [0.717, 1.165) is 11.3 Å². The van der Waals surface area contributed by atoms with Crippen LogP contribution in [0.15, 0.2) is 51.3 Å². The molecule has 0 saturated carbocycles. The standard InChI is InChI=1S/C14H9ClN4O3S.BrH/c15-10-3-1-9(2-4-10)12-8-23-14(17-12)18-16-7-11-5-6-13(22-11)19(20)21;/h1-8H,(H,17,18);1H/b16-7+;. The second-order valence-corrected chi connectivity index (χ2v) is 5.64. The van der Waals surface area contributed by atoms with Gasteiger partial charge in [0.2, 0.25) is 5.13 Å². The van der Waals surface area contributed by atoms with Gasteiger partial charge in [-0.3, -0.25) is 15.5 Å². The Bertz CT molecular complexity index is 863. The zero-order valence-electron chi connectivity index (χ0n) is 11.9. The van der Waals surface area contributed by atoms with E-state index < -0.39 is 4.92 Å². The Balaban J connectivity index is 0.00000208. The summed E-state index contributed by atoms with van der Waals surface area (Å²) in [7, 11) is 0. The van der Waals surface area contributed by atoms with Gasteiger partial charge in [0.25, 0.3) is 0 Å². The molecule has 0 spiro atoms. The summed E-state index contributed by atoms with van der Waals surface area (Å²) in [6.07, 6.45) is 1.34. The first-order valence-electron chi connectivity index (χ1n) is 6.36. The van der Waals surface area contributed by atoms with E-state index in [2.05, 4.69) is 15.5 Å². The summed E-state index contributed by atoms with van der Waals surface area (Å²) in [5.41, 5.74) is 4.51. The fourth-order valence-electron chi connectivity index (χ4n) is 1.74. The molecular weight excluding hydrogens is 420 g/mol. The summed E-state index contributed by atoms with van der Waals surface area (Å²) in [5, 5.41) is 17.6. The van der Waals surface area contributed by atoms with Crippen LogP contribution in [0, 0.1) is 10.1 Å². The third-order valence-electron chi connectivity index (χ3n) is 2.79. The largest absolute Gasteiger partial charge is 0.433 e. The Morgan fingerprint density at radius 1 is 1.29 bits per heavy atom. The van der Waals surface area contributed by atoms with Gasteiger partial charge < -0.3 is 4.42 Å². The first-order valence-corrected chi connectivity index (χ1v) is 7.62. The van der Waals surface area contributed by atoms with E-state index >= 15 is 0 Å². The number of halogens is 2. The van der Waals surface area contributed by atoms with Gasteiger partial charge in [0.1, 0.15) is 4.92 Å². The van der Waals surface area contributed by atoms with Crippen molar-refractivity contribution in [3.8, 4) is 11.3 Å². The highest BCUT2D eigenvalue weighted by Gasteiger charge is 2.10. The van der Waals surface area contributed by atoms with Crippen molar-refractivity contribution in [3.63, 3.8) is 0 Å². The van der Waals surface area contributed by atoms with Crippen molar-refractivity contribution in [3.05, 3.63) is 62.7 Å². The van der Waals surface area contributed by atoms with E-state index in [4.69, 9.17) is 16.0 Å². The summed E-state index contributed by atoms with van der Waals surface area (Å²) >= 11 is 7.24. The molecule has 3 rings (SSSR count). The van der Waals surface area contributed by atoms with Crippen molar-refractivity contribution in [2.75, 3.05) is 5.43 Å². The fourth-order valence-corrected chi connectivity index (χ4v) is 2.53. The van der Waals surface area contributed by atoms with Gasteiger partial charge in [0, 0.05) is 16.0 Å². The highest BCUT2D eigenvalue weighted by Crippen LogP contribution is 2.26. The molecule has 1 aromatic carbocycles. The highest BCUT2D eigenvalue weighted by atomic mass is 79.9. The molecule has 7 nitrogen and oxygen atoms in total. The Morgan fingerprint density at radius 2 is 2.04 bits per heavy atom. The molecular formula is C14H10BrClN4O3S. The van der Waals surface area contributed by atoms with Gasteiger partial charge in [-0.1, -0.05) is 23.7 Å². The summed E-state index contributed by atoms with van der Waals surface area (Å²) in [6.45, 7) is 0. The van der Waals surface area contributed by atoms with Crippen LogP contribution < -0.4 is 5.43 Å². The molecule has 0 aliphatic heterocycles. The monoisotopic (exact) mass is 428 g/mol. The maximum Gasteiger partial charge on any atom is 0.433 e. The Hall–Kier alpha value is -2.23. The lowest BCUT2D eigenvalue weighted by atomic mass is 10.2. The predicted molar refractivity (Wildman–Crippen MR) is 99.5 cm³/mol. The van der Waals surface area contributed by atoms with E-state index in [0.29, 0.717) is 10.2 Å². The second-order valence-electron chi connectivity index (χ2n) is 4.35. The maximum atomic E-state index is 10.5. The summed E-state index contributed by atoms with van der Waals surface area (Å²) in [5.74, 6) is -0.0515.